The highest BCUT2D eigenvalue weighted by Gasteiger charge is 2.32. The minimum Gasteiger partial charge on any atom is -0.483 e. The second kappa shape index (κ2) is 9.73. The molecule has 2 aromatic carbocycles. The normalized spacial score (nSPS) is 18.9. The summed E-state index contributed by atoms with van der Waals surface area (Å²) in [5.41, 5.74) is 0.392. The van der Waals surface area contributed by atoms with Gasteiger partial charge in [0.1, 0.15) is 17.1 Å². The second-order valence-corrected chi connectivity index (χ2v) is 7.83. The van der Waals surface area contributed by atoms with Crippen molar-refractivity contribution in [3.8, 4) is 5.75 Å². The van der Waals surface area contributed by atoms with Crippen LogP contribution >= 0.6 is 0 Å². The Bertz CT molecular complexity index is 1010. The SMILES string of the molecule is C[C@@H]1CN(Cc2ccc(F)cc2)[C@@H](C)CN1C(=O)COc1cc([N+](=O)[O-])ccc1C(=O)O. The van der Waals surface area contributed by atoms with Gasteiger partial charge in [-0.15, -0.1) is 0 Å². The zero-order valence-corrected chi connectivity index (χ0v) is 17.7. The van der Waals surface area contributed by atoms with Crippen LogP contribution in [0.4, 0.5) is 10.1 Å². The van der Waals surface area contributed by atoms with Crippen molar-refractivity contribution in [3.05, 3.63) is 69.5 Å². The van der Waals surface area contributed by atoms with E-state index in [0.717, 1.165) is 23.8 Å². The van der Waals surface area contributed by atoms with E-state index in [1.54, 1.807) is 17.0 Å². The number of carbonyl (C=O) groups is 2. The molecule has 170 valence electrons. The number of amides is 1. The van der Waals surface area contributed by atoms with Crippen LogP contribution in [0.1, 0.15) is 29.8 Å². The summed E-state index contributed by atoms with van der Waals surface area (Å²) < 4.78 is 18.5. The first kappa shape index (κ1) is 23.1. The van der Waals surface area contributed by atoms with Gasteiger partial charge in [-0.2, -0.15) is 0 Å². The number of rotatable bonds is 7. The molecule has 1 aliphatic heterocycles. The number of halogens is 1. The van der Waals surface area contributed by atoms with Gasteiger partial charge in [0.25, 0.3) is 11.6 Å². The molecule has 0 aliphatic carbocycles. The number of carboxylic acids is 1. The molecule has 0 spiro atoms. The molecular weight excluding hydrogens is 421 g/mol. The number of piperazine rings is 1. The Hall–Kier alpha value is -3.53. The average molecular weight is 445 g/mol. The van der Waals surface area contributed by atoms with Crippen molar-refractivity contribution in [2.45, 2.75) is 32.5 Å². The first-order valence-corrected chi connectivity index (χ1v) is 10.1. The maximum Gasteiger partial charge on any atom is 0.339 e. The largest absolute Gasteiger partial charge is 0.483 e. The highest BCUT2D eigenvalue weighted by Crippen LogP contribution is 2.25. The molecule has 3 rings (SSSR count). The molecule has 1 aliphatic rings. The van der Waals surface area contributed by atoms with Crippen LogP contribution < -0.4 is 4.74 Å². The topological polar surface area (TPSA) is 113 Å². The highest BCUT2D eigenvalue weighted by molar-refractivity contribution is 5.91. The molecule has 0 bridgehead atoms. The summed E-state index contributed by atoms with van der Waals surface area (Å²) in [4.78, 5) is 38.3. The number of carboxylic acid groups (broad SMARTS) is 1. The number of non-ortho nitro benzene ring substituents is 1. The van der Waals surface area contributed by atoms with E-state index in [-0.39, 0.29) is 40.8 Å². The highest BCUT2D eigenvalue weighted by atomic mass is 19.1. The van der Waals surface area contributed by atoms with E-state index in [1.807, 2.05) is 13.8 Å². The summed E-state index contributed by atoms with van der Waals surface area (Å²) in [6, 6.07) is 9.36. The number of aromatic carboxylic acids is 1. The Balaban J connectivity index is 1.64. The van der Waals surface area contributed by atoms with Gasteiger partial charge in [0.2, 0.25) is 0 Å². The molecule has 0 aromatic heterocycles. The van der Waals surface area contributed by atoms with Gasteiger partial charge in [0.05, 0.1) is 11.0 Å². The lowest BCUT2D eigenvalue weighted by Gasteiger charge is -2.44. The van der Waals surface area contributed by atoms with Gasteiger partial charge in [-0.1, -0.05) is 12.1 Å². The summed E-state index contributed by atoms with van der Waals surface area (Å²) in [6.07, 6.45) is 0. The van der Waals surface area contributed by atoms with E-state index in [4.69, 9.17) is 4.74 Å². The fraction of sp³-hybridized carbons (Fsp3) is 0.364. The number of nitro groups is 1. The Morgan fingerprint density at radius 1 is 1.16 bits per heavy atom. The van der Waals surface area contributed by atoms with Crippen LogP contribution in [0.2, 0.25) is 0 Å². The molecule has 0 radical (unpaired) electrons. The number of nitro benzene ring substituents is 1. The third-order valence-corrected chi connectivity index (χ3v) is 5.49. The van der Waals surface area contributed by atoms with Crippen LogP contribution in [0.25, 0.3) is 0 Å². The van der Waals surface area contributed by atoms with E-state index in [2.05, 4.69) is 4.90 Å². The van der Waals surface area contributed by atoms with E-state index in [9.17, 15) is 29.2 Å². The molecule has 2 aromatic rings. The zero-order valence-electron chi connectivity index (χ0n) is 17.7. The first-order valence-electron chi connectivity index (χ1n) is 10.1. The van der Waals surface area contributed by atoms with E-state index in [0.29, 0.717) is 19.6 Å². The fourth-order valence-electron chi connectivity index (χ4n) is 3.73. The zero-order chi connectivity index (χ0) is 23.4. The van der Waals surface area contributed by atoms with Crippen molar-refractivity contribution in [1.82, 2.24) is 9.80 Å². The molecule has 1 N–H and O–H groups in total. The lowest BCUT2D eigenvalue weighted by Crippen LogP contribution is -2.58. The minimum atomic E-state index is -1.31. The Morgan fingerprint density at radius 2 is 1.84 bits per heavy atom. The van der Waals surface area contributed by atoms with Gasteiger partial charge >= 0.3 is 5.97 Å². The summed E-state index contributed by atoms with van der Waals surface area (Å²) in [5.74, 6) is -2.16. The van der Waals surface area contributed by atoms with Crippen LogP contribution in [0.3, 0.4) is 0 Å². The lowest BCUT2D eigenvalue weighted by atomic mass is 10.1. The number of ether oxygens (including phenoxy) is 1. The van der Waals surface area contributed by atoms with Gasteiger partial charge in [-0.25, -0.2) is 9.18 Å². The Labute approximate surface area is 184 Å². The number of hydrogen-bond acceptors (Lipinski definition) is 6. The van der Waals surface area contributed by atoms with Crippen LogP contribution in [-0.4, -0.2) is 63.5 Å². The molecule has 1 saturated heterocycles. The van der Waals surface area contributed by atoms with Crippen molar-refractivity contribution in [1.29, 1.82) is 0 Å². The quantitative estimate of drug-likeness (QED) is 0.515. The molecule has 10 heteroatoms. The number of nitrogens with zero attached hydrogens (tertiary/aromatic N) is 3. The first-order chi connectivity index (χ1) is 15.2. The summed E-state index contributed by atoms with van der Waals surface area (Å²) in [5, 5.41) is 20.3. The van der Waals surface area contributed by atoms with Crippen molar-refractivity contribution in [3.63, 3.8) is 0 Å². The molecular formula is C22H24FN3O6. The molecule has 9 nitrogen and oxygen atoms in total. The maximum atomic E-state index is 13.1. The van der Waals surface area contributed by atoms with E-state index >= 15 is 0 Å². The molecule has 32 heavy (non-hydrogen) atoms. The number of benzene rings is 2. The second-order valence-electron chi connectivity index (χ2n) is 7.83. The van der Waals surface area contributed by atoms with E-state index < -0.39 is 17.5 Å². The third kappa shape index (κ3) is 5.38. The van der Waals surface area contributed by atoms with Crippen LogP contribution in [-0.2, 0) is 11.3 Å². The number of carbonyl (C=O) groups excluding carboxylic acids is 1. The van der Waals surface area contributed by atoms with Gasteiger partial charge < -0.3 is 14.7 Å². The van der Waals surface area contributed by atoms with Gasteiger partial charge in [0, 0.05) is 37.8 Å². The average Bonchev–Trinajstić information content (AvgIpc) is 2.75. The minimum absolute atomic E-state index is 0.0348. The van der Waals surface area contributed by atoms with E-state index in [1.165, 1.54) is 12.1 Å². The summed E-state index contributed by atoms with van der Waals surface area (Å²) in [6.45, 7) is 5.11. The maximum absolute atomic E-state index is 13.1. The Morgan fingerprint density at radius 3 is 2.47 bits per heavy atom. The number of hydrogen-bond donors (Lipinski definition) is 1. The predicted molar refractivity (Wildman–Crippen MR) is 113 cm³/mol. The molecule has 0 unspecified atom stereocenters. The third-order valence-electron chi connectivity index (χ3n) is 5.49. The van der Waals surface area contributed by atoms with Gasteiger partial charge in [0.15, 0.2) is 6.61 Å². The van der Waals surface area contributed by atoms with Crippen molar-refractivity contribution < 1.29 is 28.7 Å². The van der Waals surface area contributed by atoms with Crippen molar-refractivity contribution in [2.24, 2.45) is 0 Å². The lowest BCUT2D eigenvalue weighted by molar-refractivity contribution is -0.384. The van der Waals surface area contributed by atoms with Crippen LogP contribution in [0.15, 0.2) is 42.5 Å². The van der Waals surface area contributed by atoms with Crippen LogP contribution in [0, 0.1) is 15.9 Å². The van der Waals surface area contributed by atoms with Crippen molar-refractivity contribution in [2.75, 3.05) is 19.7 Å². The monoisotopic (exact) mass is 445 g/mol. The molecule has 1 fully saturated rings. The predicted octanol–water partition coefficient (Wildman–Crippen LogP) is 2.93. The van der Waals surface area contributed by atoms with Crippen molar-refractivity contribution >= 4 is 17.6 Å². The fourth-order valence-corrected chi connectivity index (χ4v) is 3.73. The van der Waals surface area contributed by atoms with Gasteiger partial charge in [-0.3, -0.25) is 19.8 Å². The molecule has 1 heterocycles. The summed E-state index contributed by atoms with van der Waals surface area (Å²) >= 11 is 0. The molecule has 2 atom stereocenters. The standard InChI is InChI=1S/C22H24FN3O6/c1-14-11-25(15(2)10-24(14)12-16-3-5-17(23)6-4-16)21(27)13-32-20-9-18(26(30)31)7-8-19(20)22(28)29/h3-9,14-15H,10-13H2,1-2H3,(H,28,29)/t14-,15+/m0/s1. The summed E-state index contributed by atoms with van der Waals surface area (Å²) in [7, 11) is 0. The van der Waals surface area contributed by atoms with Gasteiger partial charge in [-0.05, 0) is 37.6 Å². The molecule has 0 saturated carbocycles. The van der Waals surface area contributed by atoms with Crippen LogP contribution in [0.5, 0.6) is 5.75 Å². The Kier molecular flexibility index (Phi) is 7.04. The molecule has 1 amide bonds. The smallest absolute Gasteiger partial charge is 0.339 e.